The molecule has 0 unspecified atom stereocenters. The number of rotatable bonds is 9. The zero-order chi connectivity index (χ0) is 18.1. The minimum Gasteiger partial charge on any atom is -0.469 e. The summed E-state index contributed by atoms with van der Waals surface area (Å²) in [6.07, 6.45) is 0.464. The molecule has 0 spiro atoms. The van der Waals surface area contributed by atoms with Crippen LogP contribution in [-0.2, 0) is 14.3 Å². The van der Waals surface area contributed by atoms with Crippen molar-refractivity contribution in [2.75, 3.05) is 20.2 Å². The third-order valence-corrected chi connectivity index (χ3v) is 4.01. The topological polar surface area (TPSA) is 63.7 Å². The largest absolute Gasteiger partial charge is 0.469 e. The third kappa shape index (κ3) is 7.25. The number of esters is 1. The molecule has 0 atom stereocenters. The van der Waals surface area contributed by atoms with Crippen molar-refractivity contribution in [1.29, 1.82) is 0 Å². The van der Waals surface area contributed by atoms with Crippen LogP contribution in [0, 0.1) is 5.92 Å². The lowest BCUT2D eigenvalue weighted by Crippen LogP contribution is -2.36. The first kappa shape index (κ1) is 20.4. The van der Waals surface area contributed by atoms with Gasteiger partial charge in [-0.1, -0.05) is 41.9 Å². The first-order valence-corrected chi connectivity index (χ1v) is 8.76. The van der Waals surface area contributed by atoms with E-state index >= 15 is 0 Å². The number of methoxy groups -OCH3 is 1. The summed E-state index contributed by atoms with van der Waals surface area (Å²) in [7, 11) is 1.33. The Balaban J connectivity index is 2.58. The molecule has 0 aliphatic heterocycles. The first-order chi connectivity index (χ1) is 11.3. The van der Waals surface area contributed by atoms with Crippen molar-refractivity contribution in [3.63, 3.8) is 0 Å². The van der Waals surface area contributed by atoms with Crippen molar-refractivity contribution < 1.29 is 19.1 Å². The predicted molar refractivity (Wildman–Crippen MR) is 95.8 cm³/mol. The third-order valence-electron chi connectivity index (χ3n) is 3.48. The minimum atomic E-state index is -0.345. The molecule has 0 heterocycles. The lowest BCUT2D eigenvalue weighted by atomic mass is 10.1. The normalized spacial score (nSPS) is 10.5. The standard InChI is InChI=1S/C18H24BrNO4/c1-13(2)12-20(11-10-18(23)24-3)17(22)9-8-16(21)14-4-6-15(19)7-5-14/h4-7,13H,8-12H2,1-3H3. The Bertz CT molecular complexity index is 569. The Morgan fingerprint density at radius 3 is 2.25 bits per heavy atom. The van der Waals surface area contributed by atoms with Gasteiger partial charge in [-0.3, -0.25) is 14.4 Å². The van der Waals surface area contributed by atoms with Crippen LogP contribution in [0.4, 0.5) is 0 Å². The van der Waals surface area contributed by atoms with Crippen LogP contribution in [0.1, 0.15) is 43.5 Å². The van der Waals surface area contributed by atoms with Gasteiger partial charge in [-0.05, 0) is 18.1 Å². The second kappa shape index (κ2) is 10.2. The molecule has 0 aliphatic rings. The van der Waals surface area contributed by atoms with Gasteiger partial charge in [0, 0.05) is 36.0 Å². The Morgan fingerprint density at radius 1 is 1.08 bits per heavy atom. The van der Waals surface area contributed by atoms with Crippen LogP contribution in [-0.4, -0.2) is 42.8 Å². The number of amides is 1. The number of Topliss-reactive ketones (excluding diaryl/α,β-unsaturated/α-hetero) is 1. The second-order valence-corrected chi connectivity index (χ2v) is 6.91. The number of benzene rings is 1. The van der Waals surface area contributed by atoms with E-state index in [2.05, 4.69) is 20.7 Å². The van der Waals surface area contributed by atoms with Crippen molar-refractivity contribution in [3.05, 3.63) is 34.3 Å². The van der Waals surface area contributed by atoms with E-state index in [9.17, 15) is 14.4 Å². The molecule has 132 valence electrons. The minimum absolute atomic E-state index is 0.0617. The number of ketones is 1. The molecular weight excluding hydrogens is 374 g/mol. The van der Waals surface area contributed by atoms with Crippen molar-refractivity contribution >= 4 is 33.6 Å². The Kier molecular flexibility index (Phi) is 8.68. The van der Waals surface area contributed by atoms with E-state index in [-0.39, 0.29) is 42.8 Å². The smallest absolute Gasteiger partial charge is 0.307 e. The van der Waals surface area contributed by atoms with Crippen molar-refractivity contribution in [2.45, 2.75) is 33.1 Å². The van der Waals surface area contributed by atoms with Crippen LogP contribution in [0.15, 0.2) is 28.7 Å². The van der Waals surface area contributed by atoms with Crippen molar-refractivity contribution in [1.82, 2.24) is 4.90 Å². The van der Waals surface area contributed by atoms with Crippen LogP contribution >= 0.6 is 15.9 Å². The lowest BCUT2D eigenvalue weighted by molar-refractivity contribution is -0.141. The molecule has 0 fully saturated rings. The van der Waals surface area contributed by atoms with Gasteiger partial charge in [0.25, 0.3) is 0 Å². The molecule has 6 heteroatoms. The van der Waals surface area contributed by atoms with Gasteiger partial charge < -0.3 is 9.64 Å². The molecule has 1 amide bonds. The van der Waals surface area contributed by atoms with Gasteiger partial charge in [0.1, 0.15) is 0 Å². The highest BCUT2D eigenvalue weighted by Gasteiger charge is 2.18. The fourth-order valence-electron chi connectivity index (χ4n) is 2.25. The number of carbonyl (C=O) groups excluding carboxylic acids is 3. The van der Waals surface area contributed by atoms with Crippen LogP contribution in [0.25, 0.3) is 0 Å². The van der Waals surface area contributed by atoms with E-state index in [0.29, 0.717) is 18.7 Å². The molecule has 0 bridgehead atoms. The molecule has 1 rings (SSSR count). The van der Waals surface area contributed by atoms with Crippen molar-refractivity contribution in [2.24, 2.45) is 5.92 Å². The van der Waals surface area contributed by atoms with Crippen LogP contribution in [0.2, 0.25) is 0 Å². The molecule has 0 N–H and O–H groups in total. The van der Waals surface area contributed by atoms with Gasteiger partial charge in [-0.15, -0.1) is 0 Å². The quantitative estimate of drug-likeness (QED) is 0.472. The lowest BCUT2D eigenvalue weighted by Gasteiger charge is -2.24. The van der Waals surface area contributed by atoms with E-state index in [1.54, 1.807) is 29.2 Å². The summed E-state index contributed by atoms with van der Waals surface area (Å²) in [5, 5.41) is 0. The monoisotopic (exact) mass is 397 g/mol. The van der Waals surface area contributed by atoms with Crippen LogP contribution < -0.4 is 0 Å². The average molecular weight is 398 g/mol. The number of hydrogen-bond donors (Lipinski definition) is 0. The maximum atomic E-state index is 12.4. The van der Waals surface area contributed by atoms with E-state index in [0.717, 1.165) is 4.47 Å². The summed E-state index contributed by atoms with van der Waals surface area (Å²) in [6.45, 7) is 4.88. The Hall–Kier alpha value is -1.69. The fourth-order valence-corrected chi connectivity index (χ4v) is 2.51. The van der Waals surface area contributed by atoms with Crippen molar-refractivity contribution in [3.8, 4) is 0 Å². The van der Waals surface area contributed by atoms with E-state index < -0.39 is 0 Å². The van der Waals surface area contributed by atoms with E-state index in [4.69, 9.17) is 0 Å². The van der Waals surface area contributed by atoms with Crippen LogP contribution in [0.5, 0.6) is 0 Å². The van der Waals surface area contributed by atoms with E-state index in [1.807, 2.05) is 13.8 Å². The zero-order valence-electron chi connectivity index (χ0n) is 14.4. The zero-order valence-corrected chi connectivity index (χ0v) is 16.0. The van der Waals surface area contributed by atoms with Gasteiger partial charge in [-0.25, -0.2) is 0 Å². The summed E-state index contributed by atoms with van der Waals surface area (Å²) in [6, 6.07) is 7.08. The number of nitrogens with zero attached hydrogens (tertiary/aromatic N) is 1. The maximum absolute atomic E-state index is 12.4. The Morgan fingerprint density at radius 2 is 1.71 bits per heavy atom. The number of halogens is 1. The molecule has 0 aromatic heterocycles. The van der Waals surface area contributed by atoms with Gasteiger partial charge in [0.15, 0.2) is 5.78 Å². The summed E-state index contributed by atoms with van der Waals surface area (Å²) < 4.78 is 5.52. The molecular formula is C18H24BrNO4. The van der Waals surface area contributed by atoms with Gasteiger partial charge in [-0.2, -0.15) is 0 Å². The predicted octanol–water partition coefficient (Wildman–Crippen LogP) is 3.46. The highest BCUT2D eigenvalue weighted by atomic mass is 79.9. The van der Waals surface area contributed by atoms with Gasteiger partial charge >= 0.3 is 5.97 Å². The maximum Gasteiger partial charge on any atom is 0.307 e. The number of ether oxygens (including phenoxy) is 1. The van der Waals surface area contributed by atoms with E-state index in [1.165, 1.54) is 7.11 Å². The number of hydrogen-bond acceptors (Lipinski definition) is 4. The highest BCUT2D eigenvalue weighted by molar-refractivity contribution is 9.10. The average Bonchev–Trinajstić information content (AvgIpc) is 2.56. The summed E-state index contributed by atoms with van der Waals surface area (Å²) in [5.41, 5.74) is 0.593. The summed E-state index contributed by atoms with van der Waals surface area (Å²) in [5.74, 6) is -0.234. The molecule has 24 heavy (non-hydrogen) atoms. The SMILES string of the molecule is COC(=O)CCN(CC(C)C)C(=O)CCC(=O)c1ccc(Br)cc1. The number of carbonyl (C=O) groups is 3. The second-order valence-electron chi connectivity index (χ2n) is 5.99. The first-order valence-electron chi connectivity index (χ1n) is 7.96. The Labute approximate surface area is 151 Å². The highest BCUT2D eigenvalue weighted by Crippen LogP contribution is 2.13. The van der Waals surface area contributed by atoms with Gasteiger partial charge in [0.2, 0.25) is 5.91 Å². The molecule has 1 aromatic carbocycles. The summed E-state index contributed by atoms with van der Waals surface area (Å²) in [4.78, 5) is 37.5. The molecule has 0 saturated carbocycles. The molecule has 5 nitrogen and oxygen atoms in total. The van der Waals surface area contributed by atoms with Gasteiger partial charge in [0.05, 0.1) is 13.5 Å². The molecule has 0 aliphatic carbocycles. The fraction of sp³-hybridized carbons (Fsp3) is 0.500. The summed E-state index contributed by atoms with van der Waals surface area (Å²) >= 11 is 3.32. The van der Waals surface area contributed by atoms with Crippen LogP contribution in [0.3, 0.4) is 0 Å². The molecule has 0 radical (unpaired) electrons. The molecule has 0 saturated heterocycles. The molecule has 1 aromatic rings.